The second-order valence-corrected chi connectivity index (χ2v) is 6.05. The molecular weight excluding hydrogens is 234 g/mol. The molecular formula is C17H27NO. The van der Waals surface area contributed by atoms with Crippen molar-refractivity contribution >= 4 is 0 Å². The monoisotopic (exact) mass is 261 g/mol. The summed E-state index contributed by atoms with van der Waals surface area (Å²) in [6, 6.07) is 8.39. The normalized spacial score (nSPS) is 21.3. The third-order valence-corrected chi connectivity index (χ3v) is 4.94. The molecule has 1 N–H and O–H groups in total. The molecule has 2 nitrogen and oxygen atoms in total. The minimum atomic E-state index is -0.295. The molecule has 0 spiro atoms. The molecule has 1 aromatic rings. The highest BCUT2D eigenvalue weighted by Gasteiger charge is 2.38. The summed E-state index contributed by atoms with van der Waals surface area (Å²) < 4.78 is 0. The van der Waals surface area contributed by atoms with Gasteiger partial charge in [0.1, 0.15) is 0 Å². The van der Waals surface area contributed by atoms with Crippen LogP contribution in [0.5, 0.6) is 0 Å². The Bertz CT molecular complexity index is 411. The maximum Gasteiger partial charge on any atom is 0.0761 e. The van der Waals surface area contributed by atoms with Crippen molar-refractivity contribution in [2.75, 3.05) is 13.1 Å². The van der Waals surface area contributed by atoms with Gasteiger partial charge in [-0.25, -0.2) is 0 Å². The first-order valence-electron chi connectivity index (χ1n) is 7.55. The quantitative estimate of drug-likeness (QED) is 0.880. The fourth-order valence-electron chi connectivity index (χ4n) is 3.17. The molecule has 0 bridgehead atoms. The second-order valence-electron chi connectivity index (χ2n) is 6.05. The zero-order chi connectivity index (χ0) is 13.9. The van der Waals surface area contributed by atoms with Gasteiger partial charge in [-0.3, -0.25) is 4.90 Å². The predicted molar refractivity (Wildman–Crippen MR) is 80.4 cm³/mol. The number of aliphatic hydroxyl groups excluding tert-OH is 1. The van der Waals surface area contributed by atoms with Crippen LogP contribution in [0.2, 0.25) is 0 Å². The van der Waals surface area contributed by atoms with Crippen molar-refractivity contribution in [3.8, 4) is 0 Å². The van der Waals surface area contributed by atoms with E-state index in [4.69, 9.17) is 0 Å². The van der Waals surface area contributed by atoms with Crippen molar-refractivity contribution < 1.29 is 5.11 Å². The third kappa shape index (κ3) is 3.01. The van der Waals surface area contributed by atoms with Gasteiger partial charge in [0.05, 0.1) is 6.10 Å². The van der Waals surface area contributed by atoms with Crippen molar-refractivity contribution in [2.45, 2.75) is 58.1 Å². The molecule has 1 aromatic carbocycles. The Labute approximate surface area is 117 Å². The lowest BCUT2D eigenvalue weighted by Gasteiger charge is -2.42. The van der Waals surface area contributed by atoms with Crippen molar-refractivity contribution in [2.24, 2.45) is 0 Å². The van der Waals surface area contributed by atoms with Crippen LogP contribution in [-0.4, -0.2) is 34.7 Å². The summed E-state index contributed by atoms with van der Waals surface area (Å²) in [6.45, 7) is 8.81. The molecule has 106 valence electrons. The van der Waals surface area contributed by atoms with E-state index in [-0.39, 0.29) is 11.6 Å². The summed E-state index contributed by atoms with van der Waals surface area (Å²) in [6.07, 6.45) is 4.00. The fraction of sp³-hybridized carbons (Fsp3) is 0.647. The van der Waals surface area contributed by atoms with E-state index in [9.17, 15) is 5.11 Å². The number of hydrogen-bond donors (Lipinski definition) is 1. The topological polar surface area (TPSA) is 23.5 Å². The molecule has 2 heteroatoms. The molecule has 2 rings (SSSR count). The zero-order valence-electron chi connectivity index (χ0n) is 12.5. The van der Waals surface area contributed by atoms with Crippen LogP contribution in [-0.2, 0) is 6.42 Å². The van der Waals surface area contributed by atoms with E-state index >= 15 is 0 Å². The van der Waals surface area contributed by atoms with Gasteiger partial charge in [-0.15, -0.1) is 0 Å². The molecule has 2 unspecified atom stereocenters. The molecule has 1 heterocycles. The lowest BCUT2D eigenvalue weighted by atomic mass is 9.85. The van der Waals surface area contributed by atoms with Crippen molar-refractivity contribution in [3.05, 3.63) is 35.4 Å². The number of benzene rings is 1. The molecule has 0 amide bonds. The number of aliphatic hydroxyl groups is 1. The molecule has 0 saturated carbocycles. The number of aryl methyl sites for hydroxylation is 1. The Kier molecular flexibility index (Phi) is 4.64. The van der Waals surface area contributed by atoms with Gasteiger partial charge >= 0.3 is 0 Å². The smallest absolute Gasteiger partial charge is 0.0761 e. The lowest BCUT2D eigenvalue weighted by Crippen LogP contribution is -2.53. The van der Waals surface area contributed by atoms with Crippen LogP contribution >= 0.6 is 0 Å². The first-order chi connectivity index (χ1) is 9.08. The molecule has 2 atom stereocenters. The third-order valence-electron chi connectivity index (χ3n) is 4.94. The van der Waals surface area contributed by atoms with Crippen LogP contribution in [0.25, 0.3) is 0 Å². The van der Waals surface area contributed by atoms with Gasteiger partial charge in [0, 0.05) is 12.0 Å². The van der Waals surface area contributed by atoms with Crippen LogP contribution in [0.3, 0.4) is 0 Å². The van der Waals surface area contributed by atoms with E-state index in [0.29, 0.717) is 0 Å². The first-order valence-corrected chi connectivity index (χ1v) is 7.55. The maximum absolute atomic E-state index is 10.8. The standard InChI is InChI=1S/C17H27NO/c1-4-17(3,18-11-7-8-12-18)16(19)13-15-10-6-5-9-14(15)2/h5-6,9-10,16,19H,4,7-8,11-13H2,1-3H3. The largest absolute Gasteiger partial charge is 0.391 e. The van der Waals surface area contributed by atoms with Crippen LogP contribution in [0, 0.1) is 6.92 Å². The highest BCUT2D eigenvalue weighted by Crippen LogP contribution is 2.30. The fourth-order valence-corrected chi connectivity index (χ4v) is 3.17. The first kappa shape index (κ1) is 14.5. The number of rotatable bonds is 5. The molecule has 19 heavy (non-hydrogen) atoms. The second kappa shape index (κ2) is 6.06. The van der Waals surface area contributed by atoms with Gasteiger partial charge in [0.25, 0.3) is 0 Å². The summed E-state index contributed by atoms with van der Waals surface area (Å²) in [4.78, 5) is 2.48. The average molecular weight is 261 g/mol. The van der Waals surface area contributed by atoms with E-state index < -0.39 is 0 Å². The van der Waals surface area contributed by atoms with Gasteiger partial charge in [0.15, 0.2) is 0 Å². The zero-order valence-corrected chi connectivity index (χ0v) is 12.5. The molecule has 1 fully saturated rings. The van der Waals surface area contributed by atoms with Crippen LogP contribution < -0.4 is 0 Å². The Morgan fingerprint density at radius 2 is 1.89 bits per heavy atom. The van der Waals surface area contributed by atoms with Gasteiger partial charge in [-0.05, 0) is 57.3 Å². The van der Waals surface area contributed by atoms with Gasteiger partial charge in [-0.1, -0.05) is 31.2 Å². The molecule has 1 aliphatic rings. The molecule has 1 aliphatic heterocycles. The Morgan fingerprint density at radius 3 is 2.47 bits per heavy atom. The predicted octanol–water partition coefficient (Wildman–Crippen LogP) is 3.16. The van der Waals surface area contributed by atoms with Crippen molar-refractivity contribution in [1.82, 2.24) is 4.90 Å². The summed E-state index contributed by atoms with van der Waals surface area (Å²) in [7, 11) is 0. The maximum atomic E-state index is 10.8. The van der Waals surface area contributed by atoms with E-state index in [1.165, 1.54) is 24.0 Å². The summed E-state index contributed by atoms with van der Waals surface area (Å²) in [5.74, 6) is 0. The highest BCUT2D eigenvalue weighted by atomic mass is 16.3. The molecule has 0 radical (unpaired) electrons. The number of hydrogen-bond acceptors (Lipinski definition) is 2. The summed E-state index contributed by atoms with van der Waals surface area (Å²) in [5, 5.41) is 10.8. The van der Waals surface area contributed by atoms with Crippen molar-refractivity contribution in [1.29, 1.82) is 0 Å². The summed E-state index contributed by atoms with van der Waals surface area (Å²) in [5.41, 5.74) is 2.47. The van der Waals surface area contributed by atoms with E-state index in [1.807, 2.05) is 0 Å². The van der Waals surface area contributed by atoms with Crippen LogP contribution in [0.15, 0.2) is 24.3 Å². The summed E-state index contributed by atoms with van der Waals surface area (Å²) >= 11 is 0. The SMILES string of the molecule is CCC(C)(C(O)Cc1ccccc1C)N1CCCC1. The van der Waals surface area contributed by atoms with E-state index in [1.54, 1.807) is 0 Å². The minimum absolute atomic E-state index is 0.0845. The van der Waals surface area contributed by atoms with Crippen LogP contribution in [0.4, 0.5) is 0 Å². The Morgan fingerprint density at radius 1 is 1.26 bits per heavy atom. The number of nitrogens with zero attached hydrogens (tertiary/aromatic N) is 1. The Hall–Kier alpha value is -0.860. The highest BCUT2D eigenvalue weighted by molar-refractivity contribution is 5.26. The van der Waals surface area contributed by atoms with Crippen molar-refractivity contribution in [3.63, 3.8) is 0 Å². The van der Waals surface area contributed by atoms with E-state index in [2.05, 4.69) is 49.9 Å². The van der Waals surface area contributed by atoms with Gasteiger partial charge in [-0.2, -0.15) is 0 Å². The minimum Gasteiger partial charge on any atom is -0.391 e. The van der Waals surface area contributed by atoms with E-state index in [0.717, 1.165) is 25.9 Å². The van der Waals surface area contributed by atoms with Crippen LogP contribution in [0.1, 0.15) is 44.2 Å². The van der Waals surface area contributed by atoms with Gasteiger partial charge < -0.3 is 5.11 Å². The van der Waals surface area contributed by atoms with Gasteiger partial charge in [0.2, 0.25) is 0 Å². The lowest BCUT2D eigenvalue weighted by molar-refractivity contribution is -0.0117. The molecule has 0 aliphatic carbocycles. The average Bonchev–Trinajstić information content (AvgIpc) is 2.95. The number of likely N-dealkylation sites (tertiary alicyclic amines) is 1. The molecule has 0 aromatic heterocycles. The molecule has 1 saturated heterocycles. The Balaban J connectivity index is 2.12.